The largest absolute Gasteiger partial charge is 0.442 e. The zero-order valence-electron chi connectivity index (χ0n) is 16.4. The summed E-state index contributed by atoms with van der Waals surface area (Å²) in [5, 5.41) is 1.41. The molecule has 25 heavy (non-hydrogen) atoms. The molecule has 1 amide bonds. The molecule has 0 atom stereocenters. The van der Waals surface area contributed by atoms with Crippen LogP contribution in [0, 0.1) is 0 Å². The van der Waals surface area contributed by atoms with Crippen molar-refractivity contribution >= 4 is 6.09 Å². The van der Waals surface area contributed by atoms with E-state index in [0.717, 1.165) is 32.1 Å². The highest BCUT2D eigenvalue weighted by Gasteiger charge is 2.22. The normalized spacial score (nSPS) is 11.4. The summed E-state index contributed by atoms with van der Waals surface area (Å²) in [6, 6.07) is 10.4. The van der Waals surface area contributed by atoms with Gasteiger partial charge in [0.05, 0.1) is 13.2 Å². The van der Waals surface area contributed by atoms with Gasteiger partial charge in [-0.3, -0.25) is 4.84 Å². The number of benzene rings is 1. The number of carbonyl (C=O) groups excluding carboxylic acids is 1. The number of carbonyl (C=O) groups is 1. The van der Waals surface area contributed by atoms with Crippen molar-refractivity contribution in [3.8, 4) is 0 Å². The Kier molecular flexibility index (Phi) is 10.2. The Labute approximate surface area is 153 Å². The van der Waals surface area contributed by atoms with Gasteiger partial charge in [-0.15, -0.1) is 0 Å². The third-order valence-electron chi connectivity index (χ3n) is 3.76. The minimum atomic E-state index is -0.505. The molecule has 4 nitrogen and oxygen atoms in total. The van der Waals surface area contributed by atoms with E-state index in [1.165, 1.54) is 23.5 Å². The molecule has 4 heteroatoms. The Bertz CT molecular complexity index is 468. The fraction of sp³-hybridized carbons (Fsp3) is 0.667. The minimum Gasteiger partial charge on any atom is -0.442 e. The maximum atomic E-state index is 12.3. The van der Waals surface area contributed by atoms with E-state index in [-0.39, 0.29) is 6.09 Å². The van der Waals surface area contributed by atoms with E-state index in [4.69, 9.17) is 9.57 Å². The number of nitrogens with zero attached hydrogens (tertiary/aromatic N) is 1. The molecule has 0 unspecified atom stereocenters. The standard InChI is InChI=1S/C21H35NO3/c1-5-6-7-12-17-22(20(23)25-21(2,3)4)24-18-13-11-16-19-14-9-8-10-15-19/h8-10,14-15H,5-7,11-13,16-18H2,1-4H3. The molecule has 1 aromatic rings. The number of rotatable bonds is 11. The fourth-order valence-corrected chi connectivity index (χ4v) is 2.45. The first-order valence-electron chi connectivity index (χ1n) is 9.59. The second-order valence-corrected chi connectivity index (χ2v) is 7.42. The summed E-state index contributed by atoms with van der Waals surface area (Å²) < 4.78 is 5.45. The highest BCUT2D eigenvalue weighted by atomic mass is 16.7. The van der Waals surface area contributed by atoms with E-state index in [2.05, 4.69) is 31.2 Å². The molecule has 0 saturated heterocycles. The molecule has 0 N–H and O–H groups in total. The van der Waals surface area contributed by atoms with E-state index >= 15 is 0 Å². The lowest BCUT2D eigenvalue weighted by Gasteiger charge is -2.26. The number of amides is 1. The van der Waals surface area contributed by atoms with Crippen molar-refractivity contribution in [1.82, 2.24) is 5.06 Å². The molecule has 0 aliphatic heterocycles. The van der Waals surface area contributed by atoms with E-state index in [1.54, 1.807) is 0 Å². The molecule has 0 bridgehead atoms. The Morgan fingerprint density at radius 1 is 1.00 bits per heavy atom. The van der Waals surface area contributed by atoms with Gasteiger partial charge in [-0.25, -0.2) is 4.79 Å². The molecule has 0 aliphatic carbocycles. The van der Waals surface area contributed by atoms with Crippen LogP contribution >= 0.6 is 0 Å². The second kappa shape index (κ2) is 11.9. The average molecular weight is 350 g/mol. The van der Waals surface area contributed by atoms with Gasteiger partial charge in [0, 0.05) is 0 Å². The topological polar surface area (TPSA) is 38.8 Å². The number of aryl methyl sites for hydroxylation is 1. The molecule has 0 saturated carbocycles. The molecule has 0 radical (unpaired) electrons. The van der Waals surface area contributed by atoms with Crippen LogP contribution in [0.3, 0.4) is 0 Å². The molecule has 0 aliphatic rings. The van der Waals surface area contributed by atoms with Gasteiger partial charge in [0.1, 0.15) is 5.60 Å². The number of hydroxylamine groups is 2. The summed E-state index contributed by atoms with van der Waals surface area (Å²) in [6.07, 6.45) is 7.02. The predicted molar refractivity (Wildman–Crippen MR) is 102 cm³/mol. The van der Waals surface area contributed by atoms with Crippen molar-refractivity contribution in [3.05, 3.63) is 35.9 Å². The molecule has 0 aromatic heterocycles. The van der Waals surface area contributed by atoms with Crippen molar-refractivity contribution < 1.29 is 14.4 Å². The van der Waals surface area contributed by atoms with Crippen molar-refractivity contribution in [2.24, 2.45) is 0 Å². The molecule has 0 spiro atoms. The Morgan fingerprint density at radius 2 is 1.72 bits per heavy atom. The van der Waals surface area contributed by atoms with Crippen LogP contribution in [0.15, 0.2) is 30.3 Å². The van der Waals surface area contributed by atoms with Crippen molar-refractivity contribution in [2.75, 3.05) is 13.2 Å². The third-order valence-corrected chi connectivity index (χ3v) is 3.76. The van der Waals surface area contributed by atoms with Crippen molar-refractivity contribution in [1.29, 1.82) is 0 Å². The minimum absolute atomic E-state index is 0.382. The summed E-state index contributed by atoms with van der Waals surface area (Å²) in [5.41, 5.74) is 0.834. The molecular formula is C21H35NO3. The van der Waals surface area contributed by atoms with Gasteiger partial charge in [-0.1, -0.05) is 56.5 Å². The molecule has 142 valence electrons. The van der Waals surface area contributed by atoms with Crippen LogP contribution in [0.25, 0.3) is 0 Å². The van der Waals surface area contributed by atoms with Crippen LogP contribution in [0.2, 0.25) is 0 Å². The fourth-order valence-electron chi connectivity index (χ4n) is 2.45. The summed E-state index contributed by atoms with van der Waals surface area (Å²) in [7, 11) is 0. The van der Waals surface area contributed by atoms with Gasteiger partial charge in [-0.2, -0.15) is 5.06 Å². The lowest BCUT2D eigenvalue weighted by molar-refractivity contribution is -0.148. The van der Waals surface area contributed by atoms with Crippen LogP contribution < -0.4 is 0 Å². The predicted octanol–water partition coefficient (Wildman–Crippen LogP) is 5.76. The number of ether oxygens (including phenoxy) is 1. The smallest absolute Gasteiger partial charge is 0.434 e. The quantitative estimate of drug-likeness (QED) is 0.377. The zero-order valence-corrected chi connectivity index (χ0v) is 16.4. The SMILES string of the molecule is CCCCCCN(OCCCCc1ccccc1)C(=O)OC(C)(C)C. The second-order valence-electron chi connectivity index (χ2n) is 7.42. The molecular weight excluding hydrogens is 314 g/mol. The van der Waals surface area contributed by atoms with Gasteiger partial charge >= 0.3 is 6.09 Å². The van der Waals surface area contributed by atoms with Crippen LogP contribution in [0.4, 0.5) is 4.79 Å². The molecule has 1 aromatic carbocycles. The summed E-state index contributed by atoms with van der Waals surface area (Å²) >= 11 is 0. The maximum absolute atomic E-state index is 12.3. The molecule has 0 fully saturated rings. The van der Waals surface area contributed by atoms with Crippen LogP contribution in [-0.2, 0) is 16.0 Å². The first-order chi connectivity index (χ1) is 11.9. The first-order valence-corrected chi connectivity index (χ1v) is 9.59. The van der Waals surface area contributed by atoms with Crippen LogP contribution in [0.5, 0.6) is 0 Å². The van der Waals surface area contributed by atoms with Gasteiger partial charge in [0.2, 0.25) is 0 Å². The highest BCUT2D eigenvalue weighted by molar-refractivity contribution is 5.66. The van der Waals surface area contributed by atoms with Gasteiger partial charge in [0.15, 0.2) is 0 Å². The zero-order chi connectivity index (χ0) is 18.5. The Morgan fingerprint density at radius 3 is 2.36 bits per heavy atom. The Balaban J connectivity index is 2.34. The van der Waals surface area contributed by atoms with Gasteiger partial charge < -0.3 is 4.74 Å². The van der Waals surface area contributed by atoms with Crippen LogP contribution in [0.1, 0.15) is 71.8 Å². The van der Waals surface area contributed by atoms with Crippen LogP contribution in [-0.4, -0.2) is 29.9 Å². The molecule has 1 rings (SSSR count). The Hall–Kier alpha value is -1.55. The van der Waals surface area contributed by atoms with Gasteiger partial charge in [0.25, 0.3) is 0 Å². The molecule has 0 heterocycles. The van der Waals surface area contributed by atoms with Crippen molar-refractivity contribution in [3.63, 3.8) is 0 Å². The first kappa shape index (κ1) is 21.5. The summed E-state index contributed by atoms with van der Waals surface area (Å²) in [5.74, 6) is 0. The maximum Gasteiger partial charge on any atom is 0.434 e. The lowest BCUT2D eigenvalue weighted by Crippen LogP contribution is -2.37. The lowest BCUT2D eigenvalue weighted by atomic mass is 10.1. The van der Waals surface area contributed by atoms with E-state index in [0.29, 0.717) is 13.2 Å². The third kappa shape index (κ3) is 10.8. The van der Waals surface area contributed by atoms with Gasteiger partial charge in [-0.05, 0) is 52.0 Å². The van der Waals surface area contributed by atoms with Crippen molar-refractivity contribution in [2.45, 2.75) is 78.2 Å². The number of hydrogen-bond donors (Lipinski definition) is 0. The summed E-state index contributed by atoms with van der Waals surface area (Å²) in [6.45, 7) is 8.93. The highest BCUT2D eigenvalue weighted by Crippen LogP contribution is 2.12. The number of unbranched alkanes of at least 4 members (excludes halogenated alkanes) is 4. The average Bonchev–Trinajstić information content (AvgIpc) is 2.55. The van der Waals surface area contributed by atoms with E-state index in [9.17, 15) is 4.79 Å². The van der Waals surface area contributed by atoms with E-state index in [1.807, 2.05) is 26.8 Å². The number of hydrogen-bond acceptors (Lipinski definition) is 3. The monoisotopic (exact) mass is 349 g/mol. The van der Waals surface area contributed by atoms with E-state index < -0.39 is 5.60 Å². The summed E-state index contributed by atoms with van der Waals surface area (Å²) in [4.78, 5) is 18.0.